The molecule has 2 bridgehead atoms. The summed E-state index contributed by atoms with van der Waals surface area (Å²) in [5.41, 5.74) is 2.09. The van der Waals surface area contributed by atoms with Crippen LogP contribution in [-0.2, 0) is 5.41 Å². The van der Waals surface area contributed by atoms with E-state index in [0.717, 1.165) is 43.6 Å². The first-order chi connectivity index (χ1) is 15.6. The summed E-state index contributed by atoms with van der Waals surface area (Å²) in [6.45, 7) is 6.85. The number of urea groups is 1. The summed E-state index contributed by atoms with van der Waals surface area (Å²) in [6.07, 6.45) is 2.99. The molecule has 1 N–H and O–H groups in total. The summed E-state index contributed by atoms with van der Waals surface area (Å²) in [6, 6.07) is 5.63. The van der Waals surface area contributed by atoms with Gasteiger partial charge in [0, 0.05) is 32.6 Å². The normalized spacial score (nSPS) is 22.5. The molecule has 2 aliphatic rings. The average molecular weight is 458 g/mol. The minimum atomic E-state index is -0.621. The first-order valence-corrected chi connectivity index (χ1v) is 11.6. The molecule has 8 heteroatoms. The molecule has 2 aromatic rings. The van der Waals surface area contributed by atoms with Crippen LogP contribution in [0.1, 0.15) is 50.3 Å². The molecule has 1 fully saturated rings. The van der Waals surface area contributed by atoms with Crippen molar-refractivity contribution in [1.29, 1.82) is 0 Å². The predicted octanol–water partition coefficient (Wildman–Crippen LogP) is 4.17. The van der Waals surface area contributed by atoms with Crippen molar-refractivity contribution in [3.8, 4) is 11.3 Å². The molecule has 0 radical (unpaired) electrons. The van der Waals surface area contributed by atoms with Gasteiger partial charge in [-0.25, -0.2) is 13.6 Å². The third-order valence-electron chi connectivity index (χ3n) is 8.13. The van der Waals surface area contributed by atoms with Crippen LogP contribution in [0.3, 0.4) is 0 Å². The molecule has 6 nitrogen and oxygen atoms in total. The number of hydrogen-bond donors (Lipinski definition) is 1. The number of aromatic nitrogens is 2. The quantitative estimate of drug-likeness (QED) is 0.678. The van der Waals surface area contributed by atoms with Gasteiger partial charge in [-0.15, -0.1) is 0 Å². The topological polar surface area (TPSA) is 61.4 Å². The smallest absolute Gasteiger partial charge is 0.316 e. The number of carbonyl (C=O) groups is 1. The lowest BCUT2D eigenvalue weighted by Crippen LogP contribution is -2.42. The van der Waals surface area contributed by atoms with Crippen molar-refractivity contribution in [2.75, 3.05) is 40.8 Å². The number of likely N-dealkylation sites (N-methyl/N-ethyl adjacent to an activating group) is 2. The molecule has 2 aliphatic carbocycles. The third kappa shape index (κ3) is 3.78. The molecular formula is C25H33F2N5O. The standard InChI is InChI=1S/C25H33F2N5O/c1-24(2)17-9-10-25(24,11-12-31(4)13-14-32(5)23(33)28-3)22-16(17)15-20(29-30-22)21-18(26)7-6-8-19(21)27/h6-8,15,17H,9-14H2,1-5H3,(H,28,33)/t17-,25-/m0/s1. The van der Waals surface area contributed by atoms with E-state index in [2.05, 4.69) is 41.3 Å². The molecule has 1 heterocycles. The van der Waals surface area contributed by atoms with Crippen LogP contribution < -0.4 is 5.32 Å². The minimum Gasteiger partial charge on any atom is -0.341 e. The summed E-state index contributed by atoms with van der Waals surface area (Å²) in [5.74, 6) is -0.948. The lowest BCUT2D eigenvalue weighted by molar-refractivity contribution is 0.163. The first-order valence-electron chi connectivity index (χ1n) is 11.6. The van der Waals surface area contributed by atoms with E-state index < -0.39 is 11.6 Å². The lowest BCUT2D eigenvalue weighted by Gasteiger charge is -2.39. The van der Waals surface area contributed by atoms with E-state index in [9.17, 15) is 13.6 Å². The van der Waals surface area contributed by atoms with Gasteiger partial charge in [-0.2, -0.15) is 10.2 Å². The zero-order valence-electron chi connectivity index (χ0n) is 20.1. The van der Waals surface area contributed by atoms with Crippen LogP contribution in [0.2, 0.25) is 0 Å². The molecule has 1 aromatic carbocycles. The van der Waals surface area contributed by atoms with Crippen molar-refractivity contribution in [1.82, 2.24) is 25.3 Å². The third-order valence-corrected chi connectivity index (χ3v) is 8.13. The van der Waals surface area contributed by atoms with Crippen molar-refractivity contribution in [3.05, 3.63) is 47.2 Å². The minimum absolute atomic E-state index is 0.0177. The first kappa shape index (κ1) is 23.5. The second kappa shape index (κ2) is 8.63. The Bertz CT molecular complexity index is 1040. The molecule has 0 unspecified atom stereocenters. The summed E-state index contributed by atoms with van der Waals surface area (Å²) < 4.78 is 28.7. The molecule has 33 heavy (non-hydrogen) atoms. The Morgan fingerprint density at radius 1 is 1.15 bits per heavy atom. The van der Waals surface area contributed by atoms with Gasteiger partial charge in [0.1, 0.15) is 11.6 Å². The molecule has 0 spiro atoms. The zero-order chi connectivity index (χ0) is 24.0. The van der Waals surface area contributed by atoms with Crippen LogP contribution in [-0.4, -0.2) is 66.8 Å². The summed E-state index contributed by atoms with van der Waals surface area (Å²) in [5, 5.41) is 11.5. The van der Waals surface area contributed by atoms with Crippen molar-refractivity contribution in [2.24, 2.45) is 5.41 Å². The van der Waals surface area contributed by atoms with Gasteiger partial charge in [0.15, 0.2) is 0 Å². The van der Waals surface area contributed by atoms with Crippen molar-refractivity contribution in [2.45, 2.75) is 44.4 Å². The van der Waals surface area contributed by atoms with Gasteiger partial charge in [0.25, 0.3) is 0 Å². The molecule has 4 rings (SSSR count). The number of fused-ring (bicyclic) bond motifs is 5. The van der Waals surface area contributed by atoms with Gasteiger partial charge in [0.2, 0.25) is 0 Å². The lowest BCUT2D eigenvalue weighted by atomic mass is 9.66. The Balaban J connectivity index is 1.56. The molecule has 0 aliphatic heterocycles. The van der Waals surface area contributed by atoms with Gasteiger partial charge >= 0.3 is 6.03 Å². The number of benzene rings is 1. The Hall–Kier alpha value is -2.61. The van der Waals surface area contributed by atoms with Gasteiger partial charge in [-0.3, -0.25) is 0 Å². The van der Waals surface area contributed by atoms with Crippen LogP contribution >= 0.6 is 0 Å². The maximum Gasteiger partial charge on any atom is 0.316 e. The second-order valence-corrected chi connectivity index (χ2v) is 10.1. The number of nitrogens with zero attached hydrogens (tertiary/aromatic N) is 4. The van der Waals surface area contributed by atoms with E-state index >= 15 is 0 Å². The summed E-state index contributed by atoms with van der Waals surface area (Å²) in [4.78, 5) is 15.6. The van der Waals surface area contributed by atoms with Crippen LogP contribution in [0, 0.1) is 17.0 Å². The monoisotopic (exact) mass is 457 g/mol. The molecule has 1 saturated carbocycles. The number of rotatable bonds is 7. The number of hydrogen-bond acceptors (Lipinski definition) is 4. The summed E-state index contributed by atoms with van der Waals surface area (Å²) in [7, 11) is 5.49. The Kier molecular flexibility index (Phi) is 6.16. The number of amides is 2. The highest BCUT2D eigenvalue weighted by Gasteiger charge is 2.62. The highest BCUT2D eigenvalue weighted by atomic mass is 19.1. The highest BCUT2D eigenvalue weighted by molar-refractivity contribution is 5.73. The Morgan fingerprint density at radius 3 is 2.52 bits per heavy atom. The van der Waals surface area contributed by atoms with Crippen molar-refractivity contribution in [3.63, 3.8) is 0 Å². The molecule has 1 aromatic heterocycles. The molecule has 2 amide bonds. The second-order valence-electron chi connectivity index (χ2n) is 10.1. The average Bonchev–Trinajstić information content (AvgIpc) is 3.15. The zero-order valence-corrected chi connectivity index (χ0v) is 20.1. The van der Waals surface area contributed by atoms with Crippen molar-refractivity contribution >= 4 is 6.03 Å². The SMILES string of the molecule is CNC(=O)N(C)CCN(C)CC[C@@]12CC[C@@H](c3cc(-c4c(F)cccc4F)nnc31)C2(C)C. The highest BCUT2D eigenvalue weighted by Crippen LogP contribution is 2.68. The van der Waals surface area contributed by atoms with E-state index in [1.165, 1.54) is 18.2 Å². The van der Waals surface area contributed by atoms with Gasteiger partial charge < -0.3 is 15.1 Å². The Labute approximate surface area is 194 Å². The fourth-order valence-electron chi connectivity index (χ4n) is 5.96. The van der Waals surface area contributed by atoms with Crippen molar-refractivity contribution < 1.29 is 13.6 Å². The number of nitrogens with one attached hydrogen (secondary N) is 1. The maximum atomic E-state index is 14.4. The van der Waals surface area contributed by atoms with E-state index in [1.807, 2.05) is 6.07 Å². The van der Waals surface area contributed by atoms with Crippen LogP contribution in [0.15, 0.2) is 24.3 Å². The number of halogens is 2. The maximum absolute atomic E-state index is 14.4. The van der Waals surface area contributed by atoms with Gasteiger partial charge in [-0.1, -0.05) is 19.9 Å². The molecule has 178 valence electrons. The van der Waals surface area contributed by atoms with E-state index in [4.69, 9.17) is 0 Å². The molecule has 2 atom stereocenters. The van der Waals surface area contributed by atoms with E-state index in [-0.39, 0.29) is 28.1 Å². The largest absolute Gasteiger partial charge is 0.341 e. The van der Waals surface area contributed by atoms with Gasteiger partial charge in [0.05, 0.1) is 17.0 Å². The number of carbonyl (C=O) groups excluding carboxylic acids is 1. The van der Waals surface area contributed by atoms with Crippen LogP contribution in [0.25, 0.3) is 11.3 Å². The van der Waals surface area contributed by atoms with Crippen LogP contribution in [0.5, 0.6) is 0 Å². The predicted molar refractivity (Wildman–Crippen MR) is 124 cm³/mol. The summed E-state index contributed by atoms with van der Waals surface area (Å²) >= 11 is 0. The fourth-order valence-corrected chi connectivity index (χ4v) is 5.96. The van der Waals surface area contributed by atoms with E-state index in [0.29, 0.717) is 12.5 Å². The van der Waals surface area contributed by atoms with Crippen LogP contribution in [0.4, 0.5) is 13.6 Å². The Morgan fingerprint density at radius 2 is 1.85 bits per heavy atom. The van der Waals surface area contributed by atoms with Gasteiger partial charge in [-0.05, 0) is 68.0 Å². The fraction of sp³-hybridized carbons (Fsp3) is 0.560. The molecular weight excluding hydrogens is 424 g/mol. The molecule has 0 saturated heterocycles. The van der Waals surface area contributed by atoms with E-state index in [1.54, 1.807) is 19.0 Å².